The second kappa shape index (κ2) is 5.95. The zero-order valence-corrected chi connectivity index (χ0v) is 9.79. The van der Waals surface area contributed by atoms with Crippen molar-refractivity contribution in [2.75, 3.05) is 11.9 Å². The molecular formula is C13H18N2O. The lowest BCUT2D eigenvalue weighted by Crippen LogP contribution is -2.23. The van der Waals surface area contributed by atoms with Crippen LogP contribution in [-0.4, -0.2) is 18.5 Å². The zero-order chi connectivity index (χ0) is 12.0. The Hall–Kier alpha value is -1.77. The van der Waals surface area contributed by atoms with E-state index in [1.165, 1.54) is 0 Å². The molecule has 3 nitrogen and oxygen atoms in total. The molecule has 16 heavy (non-hydrogen) atoms. The highest BCUT2D eigenvalue weighted by Gasteiger charge is 2.03. The van der Waals surface area contributed by atoms with E-state index in [1.807, 2.05) is 24.3 Å². The van der Waals surface area contributed by atoms with Gasteiger partial charge in [-0.2, -0.15) is 0 Å². The molecule has 0 aliphatic heterocycles. The van der Waals surface area contributed by atoms with Crippen LogP contribution >= 0.6 is 0 Å². The molecule has 0 unspecified atom stereocenters. The Morgan fingerprint density at radius 3 is 2.50 bits per heavy atom. The van der Waals surface area contributed by atoms with E-state index in [9.17, 15) is 4.79 Å². The van der Waals surface area contributed by atoms with Crippen molar-refractivity contribution in [3.63, 3.8) is 0 Å². The summed E-state index contributed by atoms with van der Waals surface area (Å²) in [4.78, 5) is 11.6. The molecule has 0 atom stereocenters. The molecule has 0 aliphatic carbocycles. The molecule has 1 aromatic carbocycles. The van der Waals surface area contributed by atoms with Crippen LogP contribution in [0.1, 0.15) is 24.2 Å². The molecular weight excluding hydrogens is 200 g/mol. The number of benzene rings is 1. The molecule has 1 aromatic rings. The van der Waals surface area contributed by atoms with Gasteiger partial charge in [-0.1, -0.05) is 6.08 Å². The summed E-state index contributed by atoms with van der Waals surface area (Å²) in [7, 11) is 0. The summed E-state index contributed by atoms with van der Waals surface area (Å²) in [5.74, 6) is -0.0732. The summed E-state index contributed by atoms with van der Waals surface area (Å²) < 4.78 is 0. The quantitative estimate of drug-likeness (QED) is 0.745. The summed E-state index contributed by atoms with van der Waals surface area (Å²) in [6.45, 7) is 8.19. The molecule has 1 amide bonds. The highest BCUT2D eigenvalue weighted by molar-refractivity contribution is 5.94. The summed E-state index contributed by atoms with van der Waals surface area (Å²) in [5, 5.41) is 6.00. The molecule has 0 aromatic heterocycles. The van der Waals surface area contributed by atoms with E-state index >= 15 is 0 Å². The van der Waals surface area contributed by atoms with Crippen molar-refractivity contribution in [2.45, 2.75) is 19.9 Å². The highest BCUT2D eigenvalue weighted by atomic mass is 16.1. The third-order valence-corrected chi connectivity index (χ3v) is 2.01. The van der Waals surface area contributed by atoms with Crippen LogP contribution in [0.3, 0.4) is 0 Å². The summed E-state index contributed by atoms with van der Waals surface area (Å²) >= 11 is 0. The third kappa shape index (κ3) is 3.77. The minimum atomic E-state index is -0.0732. The second-order valence-electron chi connectivity index (χ2n) is 3.88. The first kappa shape index (κ1) is 12.3. The number of hydrogen-bond donors (Lipinski definition) is 2. The van der Waals surface area contributed by atoms with Gasteiger partial charge in [-0.3, -0.25) is 4.79 Å². The minimum Gasteiger partial charge on any atom is -0.383 e. The van der Waals surface area contributed by atoms with Gasteiger partial charge in [0.1, 0.15) is 0 Å². The molecule has 1 rings (SSSR count). The average Bonchev–Trinajstić information content (AvgIpc) is 2.26. The van der Waals surface area contributed by atoms with Crippen molar-refractivity contribution < 1.29 is 4.79 Å². The van der Waals surface area contributed by atoms with Crippen LogP contribution in [-0.2, 0) is 0 Å². The lowest BCUT2D eigenvalue weighted by molar-refractivity contribution is 0.0958. The first-order chi connectivity index (χ1) is 7.63. The lowest BCUT2D eigenvalue weighted by Gasteiger charge is -2.10. The van der Waals surface area contributed by atoms with E-state index in [0.29, 0.717) is 18.2 Å². The molecule has 2 N–H and O–H groups in total. The smallest absolute Gasteiger partial charge is 0.251 e. The third-order valence-electron chi connectivity index (χ3n) is 2.01. The van der Waals surface area contributed by atoms with E-state index < -0.39 is 0 Å². The van der Waals surface area contributed by atoms with Crippen LogP contribution < -0.4 is 10.6 Å². The van der Waals surface area contributed by atoms with Crippen molar-refractivity contribution in [1.82, 2.24) is 5.32 Å². The maximum absolute atomic E-state index is 11.6. The summed E-state index contributed by atoms with van der Waals surface area (Å²) in [5.41, 5.74) is 1.69. The van der Waals surface area contributed by atoms with Crippen LogP contribution in [0.15, 0.2) is 36.9 Å². The van der Waals surface area contributed by atoms with Gasteiger partial charge in [0.05, 0.1) is 0 Å². The van der Waals surface area contributed by atoms with Gasteiger partial charge in [0.15, 0.2) is 0 Å². The van der Waals surface area contributed by atoms with Crippen molar-refractivity contribution in [2.24, 2.45) is 0 Å². The predicted octanol–water partition coefficient (Wildman–Crippen LogP) is 2.42. The Morgan fingerprint density at radius 1 is 1.38 bits per heavy atom. The van der Waals surface area contributed by atoms with Gasteiger partial charge in [-0.05, 0) is 38.1 Å². The molecule has 0 heterocycles. The Bertz CT molecular complexity index is 355. The molecule has 0 aliphatic rings. The SMILES string of the molecule is C=CCNC(=O)c1ccc(NC(C)C)cc1. The fourth-order valence-corrected chi connectivity index (χ4v) is 1.32. The topological polar surface area (TPSA) is 41.1 Å². The Kier molecular flexibility index (Phi) is 4.58. The number of anilines is 1. The first-order valence-electron chi connectivity index (χ1n) is 5.39. The highest BCUT2D eigenvalue weighted by Crippen LogP contribution is 2.10. The molecule has 86 valence electrons. The van der Waals surface area contributed by atoms with Crippen LogP contribution in [0, 0.1) is 0 Å². The van der Waals surface area contributed by atoms with Crippen LogP contribution in [0.4, 0.5) is 5.69 Å². The van der Waals surface area contributed by atoms with Crippen LogP contribution in [0.25, 0.3) is 0 Å². The van der Waals surface area contributed by atoms with E-state index in [-0.39, 0.29) is 5.91 Å². The van der Waals surface area contributed by atoms with E-state index in [1.54, 1.807) is 6.08 Å². The van der Waals surface area contributed by atoms with Gasteiger partial charge < -0.3 is 10.6 Å². The minimum absolute atomic E-state index is 0.0732. The fraction of sp³-hybridized carbons (Fsp3) is 0.308. The van der Waals surface area contributed by atoms with Crippen molar-refractivity contribution >= 4 is 11.6 Å². The lowest BCUT2D eigenvalue weighted by atomic mass is 10.2. The van der Waals surface area contributed by atoms with Crippen molar-refractivity contribution in [3.05, 3.63) is 42.5 Å². The molecule has 0 fully saturated rings. The van der Waals surface area contributed by atoms with E-state index in [0.717, 1.165) is 5.69 Å². The molecule has 0 radical (unpaired) electrons. The Morgan fingerprint density at radius 2 is 2.00 bits per heavy atom. The number of carbonyl (C=O) groups excluding carboxylic acids is 1. The predicted molar refractivity (Wildman–Crippen MR) is 67.7 cm³/mol. The number of amides is 1. The van der Waals surface area contributed by atoms with E-state index in [2.05, 4.69) is 31.1 Å². The number of hydrogen-bond acceptors (Lipinski definition) is 2. The Balaban J connectivity index is 2.63. The number of rotatable bonds is 5. The number of nitrogens with one attached hydrogen (secondary N) is 2. The van der Waals surface area contributed by atoms with Gasteiger partial charge in [0.25, 0.3) is 5.91 Å². The van der Waals surface area contributed by atoms with E-state index in [4.69, 9.17) is 0 Å². The molecule has 0 bridgehead atoms. The van der Waals surface area contributed by atoms with Crippen molar-refractivity contribution in [3.8, 4) is 0 Å². The molecule has 0 saturated heterocycles. The van der Waals surface area contributed by atoms with Crippen LogP contribution in [0.2, 0.25) is 0 Å². The monoisotopic (exact) mass is 218 g/mol. The Labute approximate surface area is 96.6 Å². The summed E-state index contributed by atoms with van der Waals surface area (Å²) in [6.07, 6.45) is 1.66. The van der Waals surface area contributed by atoms with Crippen molar-refractivity contribution in [1.29, 1.82) is 0 Å². The largest absolute Gasteiger partial charge is 0.383 e. The molecule has 0 saturated carbocycles. The fourth-order valence-electron chi connectivity index (χ4n) is 1.32. The van der Waals surface area contributed by atoms with Gasteiger partial charge >= 0.3 is 0 Å². The first-order valence-corrected chi connectivity index (χ1v) is 5.39. The number of carbonyl (C=O) groups is 1. The summed E-state index contributed by atoms with van der Waals surface area (Å²) in [6, 6.07) is 7.82. The van der Waals surface area contributed by atoms with Gasteiger partial charge in [-0.25, -0.2) is 0 Å². The van der Waals surface area contributed by atoms with Gasteiger partial charge in [-0.15, -0.1) is 6.58 Å². The molecule has 3 heteroatoms. The molecule has 0 spiro atoms. The maximum atomic E-state index is 11.6. The van der Waals surface area contributed by atoms with Crippen LogP contribution in [0.5, 0.6) is 0 Å². The average molecular weight is 218 g/mol. The zero-order valence-electron chi connectivity index (χ0n) is 9.79. The standard InChI is InChI=1S/C13H18N2O/c1-4-9-14-13(16)11-5-7-12(8-6-11)15-10(2)3/h4-8,10,15H,1,9H2,2-3H3,(H,14,16). The normalized spacial score (nSPS) is 9.94. The van der Waals surface area contributed by atoms with Gasteiger partial charge in [0.2, 0.25) is 0 Å². The maximum Gasteiger partial charge on any atom is 0.251 e. The second-order valence-corrected chi connectivity index (χ2v) is 3.88. The van der Waals surface area contributed by atoms with Gasteiger partial charge in [0, 0.05) is 23.8 Å².